The maximum Gasteiger partial charge on any atom is 0.191 e. The molecule has 0 radical (unpaired) electrons. The summed E-state index contributed by atoms with van der Waals surface area (Å²) in [5, 5.41) is 11.1. The summed E-state index contributed by atoms with van der Waals surface area (Å²) in [6.45, 7) is 12.3. The molecular weight excluding hydrogens is 481 g/mol. The molecule has 0 atom stereocenters. The molecule has 1 aliphatic heterocycles. The molecule has 8 nitrogen and oxygen atoms in total. The van der Waals surface area contributed by atoms with Gasteiger partial charge in [0.1, 0.15) is 0 Å². The van der Waals surface area contributed by atoms with E-state index >= 15 is 0 Å². The molecule has 0 bridgehead atoms. The zero-order valence-electron chi connectivity index (χ0n) is 17.5. The Bertz CT molecular complexity index is 758. The second kappa shape index (κ2) is 11.5. The molecule has 0 aliphatic carbocycles. The standard InChI is InChI=1S/C20H31N7O.HI/c1-4-21-19(24-16-20(2,3)26-10-12-28-13-11-26)23-15-17-6-8-22-18(14-17)27-9-5-7-25-27;/h5-9,14H,4,10-13,15-16H2,1-3H3,(H2,21,23,24);1H. The number of guanidine groups is 1. The lowest BCUT2D eigenvalue weighted by molar-refractivity contribution is -0.00834. The van der Waals surface area contributed by atoms with Crippen LogP contribution in [0.1, 0.15) is 26.3 Å². The van der Waals surface area contributed by atoms with Crippen molar-refractivity contribution in [2.24, 2.45) is 4.99 Å². The number of rotatable bonds is 7. The third kappa shape index (κ3) is 6.93. The molecule has 3 heterocycles. The second-order valence-electron chi connectivity index (χ2n) is 7.43. The highest BCUT2D eigenvalue weighted by atomic mass is 127. The molecule has 3 rings (SSSR count). The van der Waals surface area contributed by atoms with Crippen LogP contribution in [0.5, 0.6) is 0 Å². The zero-order valence-corrected chi connectivity index (χ0v) is 19.8. The van der Waals surface area contributed by atoms with Crippen molar-refractivity contribution in [3.63, 3.8) is 0 Å². The first kappa shape index (κ1) is 23.6. The molecule has 1 aliphatic rings. The van der Waals surface area contributed by atoms with Crippen molar-refractivity contribution in [3.8, 4) is 5.82 Å². The number of ether oxygens (including phenoxy) is 1. The zero-order chi connectivity index (χ0) is 19.8. The van der Waals surface area contributed by atoms with Gasteiger partial charge < -0.3 is 15.4 Å². The Morgan fingerprint density at radius 3 is 2.72 bits per heavy atom. The lowest BCUT2D eigenvalue weighted by Crippen LogP contribution is -2.56. The number of hydrogen-bond acceptors (Lipinski definition) is 5. The Hall–Kier alpha value is -1.72. The molecule has 2 aromatic heterocycles. The quantitative estimate of drug-likeness (QED) is 0.335. The number of hydrogen-bond donors (Lipinski definition) is 2. The topological polar surface area (TPSA) is 79.6 Å². The summed E-state index contributed by atoms with van der Waals surface area (Å²) in [5.41, 5.74) is 1.12. The van der Waals surface area contributed by atoms with Crippen molar-refractivity contribution in [1.29, 1.82) is 0 Å². The fraction of sp³-hybridized carbons (Fsp3) is 0.550. The summed E-state index contributed by atoms with van der Waals surface area (Å²) >= 11 is 0. The van der Waals surface area contributed by atoms with Gasteiger partial charge in [-0.3, -0.25) is 4.90 Å². The van der Waals surface area contributed by atoms with Gasteiger partial charge in [0.2, 0.25) is 0 Å². The predicted octanol–water partition coefficient (Wildman–Crippen LogP) is 2.05. The summed E-state index contributed by atoms with van der Waals surface area (Å²) in [7, 11) is 0. The smallest absolute Gasteiger partial charge is 0.191 e. The van der Waals surface area contributed by atoms with Crippen LogP contribution in [-0.4, -0.2) is 70.6 Å². The minimum atomic E-state index is 0. The Labute approximate surface area is 190 Å². The van der Waals surface area contributed by atoms with E-state index in [-0.39, 0.29) is 29.5 Å². The van der Waals surface area contributed by atoms with E-state index in [2.05, 4.69) is 46.4 Å². The molecule has 160 valence electrons. The normalized spacial score (nSPS) is 15.6. The van der Waals surface area contributed by atoms with Gasteiger partial charge in [-0.25, -0.2) is 14.7 Å². The van der Waals surface area contributed by atoms with Crippen LogP contribution in [0.2, 0.25) is 0 Å². The van der Waals surface area contributed by atoms with Crippen LogP contribution in [0.4, 0.5) is 0 Å². The Morgan fingerprint density at radius 2 is 2.03 bits per heavy atom. The number of nitrogens with one attached hydrogen (secondary N) is 2. The molecule has 2 N–H and O–H groups in total. The highest BCUT2D eigenvalue weighted by Crippen LogP contribution is 2.15. The molecule has 1 fully saturated rings. The highest BCUT2D eigenvalue weighted by Gasteiger charge is 2.28. The molecule has 0 aromatic carbocycles. The van der Waals surface area contributed by atoms with Crippen LogP contribution in [0.3, 0.4) is 0 Å². The Balaban J connectivity index is 0.00000300. The first-order valence-corrected chi connectivity index (χ1v) is 9.88. The largest absolute Gasteiger partial charge is 0.379 e. The van der Waals surface area contributed by atoms with E-state index < -0.39 is 0 Å². The number of aromatic nitrogens is 3. The van der Waals surface area contributed by atoms with E-state index in [1.165, 1.54) is 0 Å². The van der Waals surface area contributed by atoms with E-state index in [9.17, 15) is 0 Å². The van der Waals surface area contributed by atoms with Gasteiger partial charge in [0, 0.05) is 50.3 Å². The average Bonchev–Trinajstić information content (AvgIpc) is 3.26. The van der Waals surface area contributed by atoms with Crippen molar-refractivity contribution in [1.82, 2.24) is 30.3 Å². The molecule has 0 saturated carbocycles. The highest BCUT2D eigenvalue weighted by molar-refractivity contribution is 14.0. The number of halogens is 1. The van der Waals surface area contributed by atoms with E-state index in [4.69, 9.17) is 9.73 Å². The van der Waals surface area contributed by atoms with Gasteiger partial charge in [-0.2, -0.15) is 5.10 Å². The van der Waals surface area contributed by atoms with Crippen molar-refractivity contribution in [2.45, 2.75) is 32.9 Å². The fourth-order valence-electron chi connectivity index (χ4n) is 3.18. The van der Waals surface area contributed by atoms with Crippen LogP contribution in [0, 0.1) is 0 Å². The molecule has 0 unspecified atom stereocenters. The molecule has 0 spiro atoms. The Morgan fingerprint density at radius 1 is 1.24 bits per heavy atom. The Kier molecular flexibility index (Phi) is 9.31. The first-order valence-electron chi connectivity index (χ1n) is 9.88. The minimum absolute atomic E-state index is 0. The van der Waals surface area contributed by atoms with Crippen LogP contribution < -0.4 is 10.6 Å². The molecule has 1 saturated heterocycles. The van der Waals surface area contributed by atoms with Crippen LogP contribution in [0.15, 0.2) is 41.8 Å². The second-order valence-corrected chi connectivity index (χ2v) is 7.43. The van der Waals surface area contributed by atoms with Crippen LogP contribution in [-0.2, 0) is 11.3 Å². The summed E-state index contributed by atoms with van der Waals surface area (Å²) in [5.74, 6) is 1.62. The molecule has 0 amide bonds. The summed E-state index contributed by atoms with van der Waals surface area (Å²) in [6.07, 6.45) is 5.42. The molecule has 29 heavy (non-hydrogen) atoms. The summed E-state index contributed by atoms with van der Waals surface area (Å²) < 4.78 is 7.23. The number of morpholine rings is 1. The van der Waals surface area contributed by atoms with Crippen molar-refractivity contribution in [3.05, 3.63) is 42.4 Å². The molecule has 9 heteroatoms. The SMILES string of the molecule is CCNC(=NCc1ccnc(-n2cccn2)c1)NCC(C)(C)N1CCOCC1.I. The van der Waals surface area contributed by atoms with Crippen LogP contribution in [0.25, 0.3) is 5.82 Å². The van der Waals surface area contributed by atoms with E-state index in [1.807, 2.05) is 24.4 Å². The van der Waals surface area contributed by atoms with Gasteiger partial charge in [-0.1, -0.05) is 0 Å². The summed E-state index contributed by atoms with van der Waals surface area (Å²) in [6, 6.07) is 5.88. The monoisotopic (exact) mass is 513 g/mol. The number of aliphatic imine (C=N–C) groups is 1. The van der Waals surface area contributed by atoms with Gasteiger partial charge in [-0.15, -0.1) is 24.0 Å². The number of nitrogens with zero attached hydrogens (tertiary/aromatic N) is 5. The van der Waals surface area contributed by atoms with E-state index in [0.29, 0.717) is 6.54 Å². The maximum atomic E-state index is 5.47. The third-order valence-corrected chi connectivity index (χ3v) is 4.87. The fourth-order valence-corrected chi connectivity index (χ4v) is 3.18. The predicted molar refractivity (Wildman–Crippen MR) is 126 cm³/mol. The van der Waals surface area contributed by atoms with Gasteiger partial charge >= 0.3 is 0 Å². The van der Waals surface area contributed by atoms with Crippen molar-refractivity contribution in [2.75, 3.05) is 39.4 Å². The minimum Gasteiger partial charge on any atom is -0.379 e. The van der Waals surface area contributed by atoms with Crippen molar-refractivity contribution < 1.29 is 4.74 Å². The van der Waals surface area contributed by atoms with Gasteiger partial charge in [0.15, 0.2) is 11.8 Å². The van der Waals surface area contributed by atoms with Gasteiger partial charge in [-0.05, 0) is 44.5 Å². The van der Waals surface area contributed by atoms with Gasteiger partial charge in [0.25, 0.3) is 0 Å². The third-order valence-electron chi connectivity index (χ3n) is 4.87. The lowest BCUT2D eigenvalue weighted by Gasteiger charge is -2.41. The van der Waals surface area contributed by atoms with Gasteiger partial charge in [0.05, 0.1) is 19.8 Å². The number of pyridine rings is 1. The maximum absolute atomic E-state index is 5.47. The molecular formula is C20H32IN7O. The first-order chi connectivity index (χ1) is 13.6. The van der Waals surface area contributed by atoms with E-state index in [1.54, 1.807) is 17.1 Å². The van der Waals surface area contributed by atoms with Crippen LogP contribution >= 0.6 is 24.0 Å². The van der Waals surface area contributed by atoms with E-state index in [0.717, 1.165) is 56.7 Å². The van der Waals surface area contributed by atoms with Crippen molar-refractivity contribution >= 4 is 29.9 Å². The summed E-state index contributed by atoms with van der Waals surface area (Å²) in [4.78, 5) is 11.6. The lowest BCUT2D eigenvalue weighted by atomic mass is 10.0. The molecule has 2 aromatic rings. The average molecular weight is 513 g/mol.